The number of hydrogen-bond donors (Lipinski definition) is 0. The van der Waals surface area contributed by atoms with Crippen molar-refractivity contribution in [3.8, 4) is 0 Å². The maximum Gasteiger partial charge on any atom is 0.273 e. The molecule has 0 bridgehead atoms. The number of rotatable bonds is 5. The number of aromatic nitrogens is 3. The van der Waals surface area contributed by atoms with E-state index in [1.807, 2.05) is 41.4 Å². The van der Waals surface area contributed by atoms with Crippen LogP contribution in [0.2, 0.25) is 0 Å². The molecule has 1 aromatic carbocycles. The summed E-state index contributed by atoms with van der Waals surface area (Å²) in [6, 6.07) is 9.88. The first-order valence-corrected chi connectivity index (χ1v) is 9.80. The molecule has 1 fully saturated rings. The maximum atomic E-state index is 13.1. The zero-order chi connectivity index (χ0) is 19.5. The lowest BCUT2D eigenvalue weighted by atomic mass is 9.96. The van der Waals surface area contributed by atoms with Crippen LogP contribution >= 0.6 is 0 Å². The zero-order valence-electron chi connectivity index (χ0n) is 16.5. The van der Waals surface area contributed by atoms with Gasteiger partial charge in [0, 0.05) is 50.2 Å². The highest BCUT2D eigenvalue weighted by atomic mass is 16.5. The predicted octanol–water partition coefficient (Wildman–Crippen LogP) is 3.44. The highest BCUT2D eigenvalue weighted by molar-refractivity contribution is 6.05. The third kappa shape index (κ3) is 3.64. The Morgan fingerprint density at radius 2 is 1.96 bits per heavy atom. The number of benzene rings is 1. The summed E-state index contributed by atoms with van der Waals surface area (Å²) in [4.78, 5) is 23.8. The number of imidazole rings is 1. The minimum atomic E-state index is 0.0362. The second kappa shape index (κ2) is 8.10. The largest absolute Gasteiger partial charge is 0.377 e. The number of methoxy groups -OCH3 is 1. The molecule has 2 aromatic heterocycles. The fraction of sp³-hybridized carbons (Fsp3) is 0.409. The van der Waals surface area contributed by atoms with E-state index < -0.39 is 0 Å². The molecule has 0 atom stereocenters. The van der Waals surface area contributed by atoms with Gasteiger partial charge < -0.3 is 14.2 Å². The molecule has 0 aliphatic carbocycles. The number of pyridine rings is 1. The number of carbonyl (C=O) groups excluding carboxylic acids is 1. The monoisotopic (exact) mass is 378 g/mol. The molecule has 1 aliphatic rings. The number of ether oxygens (including phenoxy) is 1. The lowest BCUT2D eigenvalue weighted by molar-refractivity contribution is 0.0677. The summed E-state index contributed by atoms with van der Waals surface area (Å²) in [7, 11) is 1.69. The summed E-state index contributed by atoms with van der Waals surface area (Å²) < 4.78 is 7.51. The lowest BCUT2D eigenvalue weighted by Crippen LogP contribution is -2.39. The molecular formula is C22H26N4O2. The molecule has 0 saturated carbocycles. The summed E-state index contributed by atoms with van der Waals surface area (Å²) in [6.45, 7) is 5.07. The van der Waals surface area contributed by atoms with Gasteiger partial charge in [0.1, 0.15) is 18.1 Å². The Bertz CT molecular complexity index is 968. The Labute approximate surface area is 165 Å². The van der Waals surface area contributed by atoms with Crippen LogP contribution in [0.3, 0.4) is 0 Å². The van der Waals surface area contributed by atoms with Crippen molar-refractivity contribution < 1.29 is 9.53 Å². The topological polar surface area (TPSA) is 60.2 Å². The summed E-state index contributed by atoms with van der Waals surface area (Å²) in [5, 5.41) is 1.98. The van der Waals surface area contributed by atoms with Gasteiger partial charge in [0.2, 0.25) is 0 Å². The van der Waals surface area contributed by atoms with Crippen molar-refractivity contribution in [3.63, 3.8) is 0 Å². The fourth-order valence-corrected chi connectivity index (χ4v) is 4.02. The van der Waals surface area contributed by atoms with Gasteiger partial charge in [0.15, 0.2) is 0 Å². The summed E-state index contributed by atoms with van der Waals surface area (Å²) in [5.74, 6) is 1.54. The van der Waals surface area contributed by atoms with Crippen molar-refractivity contribution >= 4 is 16.7 Å². The summed E-state index contributed by atoms with van der Waals surface area (Å²) >= 11 is 0. The van der Waals surface area contributed by atoms with Gasteiger partial charge in [-0.1, -0.05) is 24.3 Å². The molecule has 1 amide bonds. The van der Waals surface area contributed by atoms with Gasteiger partial charge in [-0.2, -0.15) is 0 Å². The Morgan fingerprint density at radius 3 is 2.75 bits per heavy atom. The second-order valence-electron chi connectivity index (χ2n) is 7.48. The molecule has 1 saturated heterocycles. The number of nitrogens with zero attached hydrogens (tertiary/aromatic N) is 4. The number of piperidine rings is 1. The van der Waals surface area contributed by atoms with E-state index in [2.05, 4.69) is 21.5 Å². The third-order valence-corrected chi connectivity index (χ3v) is 5.63. The lowest BCUT2D eigenvalue weighted by Gasteiger charge is -2.32. The fourth-order valence-electron chi connectivity index (χ4n) is 4.02. The highest BCUT2D eigenvalue weighted by Crippen LogP contribution is 2.24. The van der Waals surface area contributed by atoms with Gasteiger partial charge >= 0.3 is 0 Å². The second-order valence-corrected chi connectivity index (χ2v) is 7.48. The predicted molar refractivity (Wildman–Crippen MR) is 108 cm³/mol. The van der Waals surface area contributed by atoms with Crippen LogP contribution in [0.4, 0.5) is 0 Å². The van der Waals surface area contributed by atoms with E-state index in [4.69, 9.17) is 4.74 Å². The van der Waals surface area contributed by atoms with Gasteiger partial charge in [-0.25, -0.2) is 4.98 Å². The molecule has 3 aromatic rings. The SMILES string of the molecule is COCc1ncc(C)n1CC1CCN(C(=O)c2nccc3ccccc23)CC1. The van der Waals surface area contributed by atoms with Crippen LogP contribution in [0.25, 0.3) is 10.8 Å². The van der Waals surface area contributed by atoms with Gasteiger partial charge in [0.05, 0.1) is 0 Å². The Balaban J connectivity index is 1.43. The van der Waals surface area contributed by atoms with E-state index in [1.165, 1.54) is 0 Å². The van der Waals surface area contributed by atoms with Crippen LogP contribution in [0, 0.1) is 12.8 Å². The molecule has 6 nitrogen and oxygen atoms in total. The van der Waals surface area contributed by atoms with Crippen LogP contribution in [-0.2, 0) is 17.9 Å². The third-order valence-electron chi connectivity index (χ3n) is 5.63. The van der Waals surface area contributed by atoms with Crippen LogP contribution in [0.1, 0.15) is 34.8 Å². The standard InChI is InChI=1S/C22H26N4O2/c1-16-13-24-20(15-28-2)26(16)14-17-8-11-25(12-9-17)22(27)21-19-6-4-3-5-18(19)7-10-23-21/h3-7,10,13,17H,8-9,11-12,14-15H2,1-2H3. The van der Waals surface area contributed by atoms with Crippen molar-refractivity contribution in [2.75, 3.05) is 20.2 Å². The highest BCUT2D eigenvalue weighted by Gasteiger charge is 2.26. The van der Waals surface area contributed by atoms with Crippen LogP contribution in [0.15, 0.2) is 42.7 Å². The van der Waals surface area contributed by atoms with E-state index in [0.717, 1.165) is 54.8 Å². The van der Waals surface area contributed by atoms with E-state index in [1.54, 1.807) is 13.3 Å². The molecule has 0 spiro atoms. The number of carbonyl (C=O) groups is 1. The molecule has 0 N–H and O–H groups in total. The van der Waals surface area contributed by atoms with E-state index in [9.17, 15) is 4.79 Å². The summed E-state index contributed by atoms with van der Waals surface area (Å²) in [6.07, 6.45) is 5.60. The number of aryl methyl sites for hydroxylation is 1. The first-order valence-electron chi connectivity index (χ1n) is 9.80. The number of amides is 1. The smallest absolute Gasteiger partial charge is 0.273 e. The van der Waals surface area contributed by atoms with E-state index in [0.29, 0.717) is 18.2 Å². The number of likely N-dealkylation sites (tertiary alicyclic amines) is 1. The number of hydrogen-bond acceptors (Lipinski definition) is 4. The van der Waals surface area contributed by atoms with E-state index >= 15 is 0 Å². The van der Waals surface area contributed by atoms with Gasteiger partial charge in [-0.05, 0) is 37.1 Å². The average Bonchev–Trinajstić information content (AvgIpc) is 3.07. The van der Waals surface area contributed by atoms with Crippen LogP contribution < -0.4 is 0 Å². The number of fused-ring (bicyclic) bond motifs is 1. The van der Waals surface area contributed by atoms with Gasteiger partial charge in [0.25, 0.3) is 5.91 Å². The van der Waals surface area contributed by atoms with E-state index in [-0.39, 0.29) is 5.91 Å². The quantitative estimate of drug-likeness (QED) is 0.682. The van der Waals surface area contributed by atoms with Crippen molar-refractivity contribution in [2.24, 2.45) is 5.92 Å². The maximum absolute atomic E-state index is 13.1. The van der Waals surface area contributed by atoms with Gasteiger partial charge in [-0.15, -0.1) is 0 Å². The van der Waals surface area contributed by atoms with Crippen LogP contribution in [-0.4, -0.2) is 45.5 Å². The molecule has 146 valence electrons. The molecule has 28 heavy (non-hydrogen) atoms. The molecule has 1 aliphatic heterocycles. The van der Waals surface area contributed by atoms with Gasteiger partial charge in [-0.3, -0.25) is 9.78 Å². The molecule has 0 unspecified atom stereocenters. The normalized spacial score (nSPS) is 15.3. The molecule has 3 heterocycles. The Kier molecular flexibility index (Phi) is 5.39. The average molecular weight is 378 g/mol. The summed E-state index contributed by atoms with van der Waals surface area (Å²) in [5.41, 5.74) is 1.72. The molecule has 0 radical (unpaired) electrons. The van der Waals surface area contributed by atoms with Crippen molar-refractivity contribution in [2.45, 2.75) is 32.9 Å². The minimum absolute atomic E-state index is 0.0362. The van der Waals surface area contributed by atoms with Crippen molar-refractivity contribution in [1.82, 2.24) is 19.4 Å². The first kappa shape index (κ1) is 18.6. The Morgan fingerprint density at radius 1 is 1.18 bits per heavy atom. The van der Waals surface area contributed by atoms with Crippen molar-refractivity contribution in [3.05, 3.63) is 59.9 Å². The van der Waals surface area contributed by atoms with Crippen molar-refractivity contribution in [1.29, 1.82) is 0 Å². The molecule has 4 rings (SSSR count). The van der Waals surface area contributed by atoms with Crippen LogP contribution in [0.5, 0.6) is 0 Å². The minimum Gasteiger partial charge on any atom is -0.377 e. The zero-order valence-corrected chi connectivity index (χ0v) is 16.5. The molecule has 6 heteroatoms. The molecular weight excluding hydrogens is 352 g/mol. The Hall–Kier alpha value is -2.73. The first-order chi connectivity index (χ1) is 13.7.